The van der Waals surface area contributed by atoms with E-state index in [1.165, 1.54) is 6.42 Å². The minimum absolute atomic E-state index is 0.213. The highest BCUT2D eigenvalue weighted by Gasteiger charge is 2.09. The minimum Gasteiger partial charge on any atom is -0.376 e. The van der Waals surface area contributed by atoms with Gasteiger partial charge >= 0.3 is 0 Å². The van der Waals surface area contributed by atoms with Gasteiger partial charge < -0.3 is 15.4 Å². The molecule has 2 atom stereocenters. The molecule has 0 amide bonds. The Morgan fingerprint density at radius 3 is 2.06 bits per heavy atom. The van der Waals surface area contributed by atoms with Crippen LogP contribution in [0.4, 0.5) is 0 Å². The van der Waals surface area contributed by atoms with Crippen molar-refractivity contribution < 1.29 is 4.74 Å². The van der Waals surface area contributed by atoms with E-state index in [9.17, 15) is 0 Å². The van der Waals surface area contributed by atoms with E-state index >= 15 is 0 Å². The highest BCUT2D eigenvalue weighted by Crippen LogP contribution is 2.07. The van der Waals surface area contributed by atoms with Crippen LogP contribution in [0.2, 0.25) is 0 Å². The van der Waals surface area contributed by atoms with Crippen LogP contribution in [0.25, 0.3) is 0 Å². The van der Waals surface area contributed by atoms with E-state index in [1.54, 1.807) is 0 Å². The van der Waals surface area contributed by atoms with Gasteiger partial charge in [-0.25, -0.2) is 0 Å². The summed E-state index contributed by atoms with van der Waals surface area (Å²) in [5.74, 6) is 0. The van der Waals surface area contributed by atoms with Crippen LogP contribution in [0.5, 0.6) is 0 Å². The van der Waals surface area contributed by atoms with Gasteiger partial charge in [0.15, 0.2) is 0 Å². The van der Waals surface area contributed by atoms with Crippen molar-refractivity contribution in [2.24, 2.45) is 0 Å². The second-order valence-corrected chi connectivity index (χ2v) is 6.60. The molecule has 0 aliphatic heterocycles. The molecule has 0 rings (SSSR count). The Morgan fingerprint density at radius 1 is 0.944 bits per heavy atom. The zero-order valence-corrected chi connectivity index (χ0v) is 13.5. The van der Waals surface area contributed by atoms with E-state index in [4.69, 9.17) is 4.74 Å². The van der Waals surface area contributed by atoms with Crippen LogP contribution in [0.3, 0.4) is 0 Å². The molecule has 0 radical (unpaired) electrons. The third-order valence-corrected chi connectivity index (χ3v) is 2.78. The summed E-state index contributed by atoms with van der Waals surface area (Å²) in [4.78, 5) is 0. The predicted molar refractivity (Wildman–Crippen MR) is 80.1 cm³/mol. The zero-order valence-electron chi connectivity index (χ0n) is 13.5. The smallest absolute Gasteiger partial charge is 0.0551 e. The molecule has 110 valence electrons. The number of hydrogen-bond acceptors (Lipinski definition) is 3. The maximum absolute atomic E-state index is 5.73. The molecule has 18 heavy (non-hydrogen) atoms. The van der Waals surface area contributed by atoms with Gasteiger partial charge in [-0.05, 0) is 61.3 Å². The molecule has 0 aromatic heterocycles. The number of ether oxygens (including phenoxy) is 1. The van der Waals surface area contributed by atoms with Gasteiger partial charge in [0.1, 0.15) is 0 Å². The molecular formula is C15H34N2O. The Morgan fingerprint density at radius 2 is 1.56 bits per heavy atom. The SMILES string of the molecule is CC(CCC(C)OC(C)C)NCCNC(C)(C)C. The molecule has 0 saturated carbocycles. The summed E-state index contributed by atoms with van der Waals surface area (Å²) >= 11 is 0. The summed E-state index contributed by atoms with van der Waals surface area (Å²) in [5, 5.41) is 7.03. The maximum atomic E-state index is 5.73. The van der Waals surface area contributed by atoms with Crippen LogP contribution < -0.4 is 10.6 Å². The first-order valence-electron chi connectivity index (χ1n) is 7.34. The van der Waals surface area contributed by atoms with Crippen molar-refractivity contribution >= 4 is 0 Å². The molecule has 0 saturated heterocycles. The lowest BCUT2D eigenvalue weighted by Gasteiger charge is -2.22. The van der Waals surface area contributed by atoms with E-state index in [-0.39, 0.29) is 5.54 Å². The molecule has 0 spiro atoms. The Kier molecular flexibility index (Phi) is 8.83. The zero-order chi connectivity index (χ0) is 14.2. The molecule has 0 aliphatic rings. The van der Waals surface area contributed by atoms with Crippen molar-refractivity contribution in [3.8, 4) is 0 Å². The van der Waals surface area contributed by atoms with Crippen LogP contribution in [-0.2, 0) is 4.74 Å². The van der Waals surface area contributed by atoms with Crippen molar-refractivity contribution in [2.45, 2.75) is 85.1 Å². The van der Waals surface area contributed by atoms with Crippen molar-refractivity contribution in [1.29, 1.82) is 0 Å². The van der Waals surface area contributed by atoms with E-state index < -0.39 is 0 Å². The summed E-state index contributed by atoms with van der Waals surface area (Å²) in [7, 11) is 0. The van der Waals surface area contributed by atoms with Crippen LogP contribution in [-0.4, -0.2) is 36.9 Å². The number of nitrogens with one attached hydrogen (secondary N) is 2. The molecule has 3 heteroatoms. The summed E-state index contributed by atoms with van der Waals surface area (Å²) in [5.41, 5.74) is 0.213. The van der Waals surface area contributed by atoms with Crippen LogP contribution in [0.15, 0.2) is 0 Å². The lowest BCUT2D eigenvalue weighted by Crippen LogP contribution is -2.41. The predicted octanol–water partition coefficient (Wildman–Crippen LogP) is 2.95. The molecule has 2 unspecified atom stereocenters. The topological polar surface area (TPSA) is 33.3 Å². The van der Waals surface area contributed by atoms with Crippen LogP contribution >= 0.6 is 0 Å². The summed E-state index contributed by atoms with van der Waals surface area (Å²) in [6.45, 7) is 17.2. The Hall–Kier alpha value is -0.120. The second-order valence-electron chi connectivity index (χ2n) is 6.60. The molecular weight excluding hydrogens is 224 g/mol. The monoisotopic (exact) mass is 258 g/mol. The number of hydrogen-bond donors (Lipinski definition) is 2. The van der Waals surface area contributed by atoms with Crippen LogP contribution in [0, 0.1) is 0 Å². The molecule has 0 fully saturated rings. The van der Waals surface area contributed by atoms with Gasteiger partial charge in [0, 0.05) is 24.7 Å². The van der Waals surface area contributed by atoms with Gasteiger partial charge in [0.25, 0.3) is 0 Å². The van der Waals surface area contributed by atoms with E-state index in [1.807, 2.05) is 0 Å². The van der Waals surface area contributed by atoms with Gasteiger partial charge in [0.2, 0.25) is 0 Å². The van der Waals surface area contributed by atoms with Gasteiger partial charge in [-0.1, -0.05) is 0 Å². The van der Waals surface area contributed by atoms with Gasteiger partial charge in [0.05, 0.1) is 12.2 Å². The van der Waals surface area contributed by atoms with Gasteiger partial charge in [-0.3, -0.25) is 0 Å². The summed E-state index contributed by atoms with van der Waals surface area (Å²) in [6.07, 6.45) is 2.99. The lowest BCUT2D eigenvalue weighted by atomic mass is 10.1. The minimum atomic E-state index is 0.213. The van der Waals surface area contributed by atoms with Crippen molar-refractivity contribution in [3.63, 3.8) is 0 Å². The molecule has 0 heterocycles. The van der Waals surface area contributed by atoms with Crippen LogP contribution in [0.1, 0.15) is 61.3 Å². The molecule has 0 aliphatic carbocycles. The lowest BCUT2D eigenvalue weighted by molar-refractivity contribution is 0.0123. The van der Waals surface area contributed by atoms with E-state index in [0.29, 0.717) is 18.2 Å². The largest absolute Gasteiger partial charge is 0.376 e. The quantitative estimate of drug-likeness (QED) is 0.624. The maximum Gasteiger partial charge on any atom is 0.0551 e. The standard InChI is InChI=1S/C15H34N2O/c1-12(2)18-14(4)9-8-13(3)16-10-11-17-15(5,6)7/h12-14,16-17H,8-11H2,1-7H3. The second kappa shape index (κ2) is 8.89. The fraction of sp³-hybridized carbons (Fsp3) is 1.00. The Labute approximate surface area is 114 Å². The highest BCUT2D eigenvalue weighted by molar-refractivity contribution is 4.71. The number of rotatable bonds is 9. The molecule has 0 aromatic rings. The third-order valence-electron chi connectivity index (χ3n) is 2.78. The first kappa shape index (κ1) is 17.9. The average Bonchev–Trinajstić information content (AvgIpc) is 2.19. The summed E-state index contributed by atoms with van der Waals surface area (Å²) < 4.78 is 5.73. The third kappa shape index (κ3) is 12.3. The first-order chi connectivity index (χ1) is 8.20. The van der Waals surface area contributed by atoms with Crippen molar-refractivity contribution in [2.75, 3.05) is 13.1 Å². The average molecular weight is 258 g/mol. The fourth-order valence-corrected chi connectivity index (χ4v) is 1.88. The summed E-state index contributed by atoms with van der Waals surface area (Å²) in [6, 6.07) is 0.560. The molecule has 2 N–H and O–H groups in total. The fourth-order valence-electron chi connectivity index (χ4n) is 1.88. The van der Waals surface area contributed by atoms with E-state index in [2.05, 4.69) is 59.1 Å². The Balaban J connectivity index is 3.51. The highest BCUT2D eigenvalue weighted by atomic mass is 16.5. The van der Waals surface area contributed by atoms with Crippen molar-refractivity contribution in [3.05, 3.63) is 0 Å². The first-order valence-corrected chi connectivity index (χ1v) is 7.34. The Bertz CT molecular complexity index is 199. The van der Waals surface area contributed by atoms with Gasteiger partial charge in [-0.15, -0.1) is 0 Å². The molecule has 3 nitrogen and oxygen atoms in total. The van der Waals surface area contributed by atoms with Gasteiger partial charge in [-0.2, -0.15) is 0 Å². The van der Waals surface area contributed by atoms with Crippen molar-refractivity contribution in [1.82, 2.24) is 10.6 Å². The molecule has 0 bridgehead atoms. The molecule has 0 aromatic carbocycles. The van der Waals surface area contributed by atoms with E-state index in [0.717, 1.165) is 19.5 Å². The normalized spacial score (nSPS) is 16.0.